The van der Waals surface area contributed by atoms with E-state index in [-0.39, 0.29) is 23.5 Å². The highest BCUT2D eigenvalue weighted by atomic mass is 19.3. The van der Waals surface area contributed by atoms with Crippen molar-refractivity contribution >= 4 is 17.0 Å². The van der Waals surface area contributed by atoms with E-state index in [9.17, 15) is 23.1 Å². The predicted octanol–water partition coefficient (Wildman–Crippen LogP) is 3.94. The van der Waals surface area contributed by atoms with Gasteiger partial charge < -0.3 is 23.8 Å². The van der Waals surface area contributed by atoms with Crippen molar-refractivity contribution in [3.63, 3.8) is 0 Å². The van der Waals surface area contributed by atoms with Crippen molar-refractivity contribution in [3.05, 3.63) is 64.5 Å². The van der Waals surface area contributed by atoms with Gasteiger partial charge in [-0.2, -0.15) is 0 Å². The summed E-state index contributed by atoms with van der Waals surface area (Å²) < 4.78 is 53.0. The van der Waals surface area contributed by atoms with Gasteiger partial charge in [-0.15, -0.1) is 0 Å². The number of hydrogen-bond acceptors (Lipinski definition) is 7. The molecule has 0 aliphatic carbocycles. The van der Waals surface area contributed by atoms with Crippen LogP contribution in [0.25, 0.3) is 11.1 Å². The fourth-order valence-electron chi connectivity index (χ4n) is 4.03. The monoisotopic (exact) mass is 475 g/mol. The highest BCUT2D eigenvalue weighted by Crippen LogP contribution is 2.38. The van der Waals surface area contributed by atoms with Crippen LogP contribution in [0.4, 0.5) is 13.2 Å². The van der Waals surface area contributed by atoms with Crippen LogP contribution in [0.5, 0.6) is 0 Å². The number of benzene rings is 1. The highest BCUT2D eigenvalue weighted by Gasteiger charge is 2.42. The van der Waals surface area contributed by atoms with E-state index in [1.54, 1.807) is 13.0 Å². The van der Waals surface area contributed by atoms with Gasteiger partial charge >= 0.3 is 0 Å². The van der Waals surface area contributed by atoms with Gasteiger partial charge in [-0.25, -0.2) is 28.1 Å². The SMILES string of the molecule is Cc1cc(F)c2oc([C@@H]3c4nc[nH]c4CCN3C(=O)c3oc(C(C)(C)O)nc3C(F)F)nc2c1. The van der Waals surface area contributed by atoms with Crippen molar-refractivity contribution in [3.8, 4) is 0 Å². The van der Waals surface area contributed by atoms with Crippen LogP contribution in [0, 0.1) is 12.7 Å². The first-order valence-corrected chi connectivity index (χ1v) is 10.5. The van der Waals surface area contributed by atoms with Crippen LogP contribution < -0.4 is 0 Å². The van der Waals surface area contributed by atoms with E-state index in [4.69, 9.17) is 8.83 Å². The molecule has 0 spiro atoms. The third kappa shape index (κ3) is 3.54. The van der Waals surface area contributed by atoms with Crippen molar-refractivity contribution in [1.82, 2.24) is 24.8 Å². The highest BCUT2D eigenvalue weighted by molar-refractivity contribution is 5.93. The fraction of sp³-hybridized carbons (Fsp3) is 0.364. The van der Waals surface area contributed by atoms with Crippen LogP contribution in [0.15, 0.2) is 27.3 Å². The summed E-state index contributed by atoms with van der Waals surface area (Å²) in [5.41, 5.74) is -0.681. The molecule has 1 aliphatic heterocycles. The summed E-state index contributed by atoms with van der Waals surface area (Å²) >= 11 is 0. The summed E-state index contributed by atoms with van der Waals surface area (Å²) in [6.45, 7) is 4.39. The lowest BCUT2D eigenvalue weighted by Crippen LogP contribution is -2.41. The van der Waals surface area contributed by atoms with Crippen LogP contribution in [0.1, 0.15) is 71.3 Å². The van der Waals surface area contributed by atoms with Crippen molar-refractivity contribution in [1.29, 1.82) is 0 Å². The summed E-state index contributed by atoms with van der Waals surface area (Å²) in [6, 6.07) is 1.89. The number of fused-ring (bicyclic) bond motifs is 2. The van der Waals surface area contributed by atoms with Crippen LogP contribution in [-0.2, 0) is 12.0 Å². The molecule has 3 aromatic heterocycles. The maximum absolute atomic E-state index is 14.5. The zero-order valence-electron chi connectivity index (χ0n) is 18.4. The summed E-state index contributed by atoms with van der Waals surface area (Å²) in [5, 5.41) is 10.2. The van der Waals surface area contributed by atoms with Crippen molar-refractivity contribution in [2.45, 2.75) is 45.3 Å². The molecule has 0 radical (unpaired) electrons. The lowest BCUT2D eigenvalue weighted by molar-refractivity contribution is 0.0436. The standard InChI is InChI=1S/C22H20F3N5O4/c1-9-6-10(23)16-12(7-9)28-19(33-16)15-13-11(26-8-27-13)4-5-30(15)20(31)17-14(18(24)25)29-21(34-17)22(2,3)32/h6-8,15,18,32H,4-5H2,1-3H3,(H,26,27)/t15-/m0/s1. The van der Waals surface area contributed by atoms with Crippen LogP contribution >= 0.6 is 0 Å². The quantitative estimate of drug-likeness (QED) is 0.459. The number of halogens is 3. The van der Waals surface area contributed by atoms with Gasteiger partial charge in [0.1, 0.15) is 11.1 Å². The van der Waals surface area contributed by atoms with E-state index >= 15 is 0 Å². The molecule has 4 aromatic rings. The van der Waals surface area contributed by atoms with Crippen molar-refractivity contribution < 1.29 is 31.9 Å². The molecule has 0 unspecified atom stereocenters. The third-order valence-electron chi connectivity index (χ3n) is 5.60. The zero-order valence-corrected chi connectivity index (χ0v) is 18.4. The van der Waals surface area contributed by atoms with Gasteiger partial charge in [0.2, 0.25) is 17.5 Å². The van der Waals surface area contributed by atoms with Gasteiger partial charge in [0, 0.05) is 18.7 Å². The van der Waals surface area contributed by atoms with E-state index in [0.717, 1.165) is 0 Å². The minimum atomic E-state index is -3.12. The molecule has 12 heteroatoms. The molecule has 0 bridgehead atoms. The normalized spacial score (nSPS) is 16.5. The maximum atomic E-state index is 14.5. The predicted molar refractivity (Wildman–Crippen MR) is 111 cm³/mol. The number of aryl methyl sites for hydroxylation is 1. The molecular weight excluding hydrogens is 455 g/mol. The topological polar surface area (TPSA) is 121 Å². The molecule has 0 fully saturated rings. The van der Waals surface area contributed by atoms with Gasteiger partial charge in [0.15, 0.2) is 23.1 Å². The number of alkyl halides is 2. The number of hydrogen-bond donors (Lipinski definition) is 2. The lowest BCUT2D eigenvalue weighted by Gasteiger charge is -2.32. The Balaban J connectivity index is 1.64. The first-order chi connectivity index (χ1) is 16.0. The summed E-state index contributed by atoms with van der Waals surface area (Å²) in [6.07, 6.45) is -1.34. The first kappa shape index (κ1) is 22.1. The average Bonchev–Trinajstić information content (AvgIpc) is 3.49. The molecular formula is C22H20F3N5O4. The second kappa shape index (κ2) is 7.69. The number of imidazole rings is 1. The Hall–Kier alpha value is -3.67. The van der Waals surface area contributed by atoms with E-state index in [1.807, 2.05) is 0 Å². The van der Waals surface area contributed by atoms with Crippen molar-refractivity contribution in [2.24, 2.45) is 0 Å². The number of H-pyrrole nitrogens is 1. The zero-order chi connectivity index (χ0) is 24.4. The van der Waals surface area contributed by atoms with E-state index < -0.39 is 47.1 Å². The Morgan fingerprint density at radius 1 is 1.29 bits per heavy atom. The molecule has 2 N–H and O–H groups in total. The van der Waals surface area contributed by atoms with Crippen LogP contribution in [0.3, 0.4) is 0 Å². The molecule has 34 heavy (non-hydrogen) atoms. The molecule has 9 nitrogen and oxygen atoms in total. The minimum absolute atomic E-state index is 0.0262. The van der Waals surface area contributed by atoms with Crippen LogP contribution in [0.2, 0.25) is 0 Å². The Bertz CT molecular complexity index is 1400. The first-order valence-electron chi connectivity index (χ1n) is 10.5. The van der Waals surface area contributed by atoms with Gasteiger partial charge in [-0.3, -0.25) is 4.79 Å². The van der Waals surface area contributed by atoms with Gasteiger partial charge in [0.05, 0.1) is 12.0 Å². The summed E-state index contributed by atoms with van der Waals surface area (Å²) in [7, 11) is 0. The molecule has 0 saturated carbocycles. The number of carbonyl (C=O) groups excluding carboxylic acids is 1. The molecule has 178 valence electrons. The third-order valence-corrected chi connectivity index (χ3v) is 5.60. The summed E-state index contributed by atoms with van der Waals surface area (Å²) in [4.78, 5) is 30.0. The number of nitrogens with zero attached hydrogens (tertiary/aromatic N) is 4. The number of carbonyl (C=O) groups is 1. The number of amides is 1. The smallest absolute Gasteiger partial charge is 0.292 e. The van der Waals surface area contributed by atoms with Gasteiger partial charge in [-0.05, 0) is 38.5 Å². The lowest BCUT2D eigenvalue weighted by atomic mass is 10.0. The van der Waals surface area contributed by atoms with Gasteiger partial charge in [0.25, 0.3) is 12.3 Å². The second-order valence-electron chi connectivity index (χ2n) is 8.66. The Morgan fingerprint density at radius 2 is 2.06 bits per heavy atom. The molecule has 5 rings (SSSR count). The largest absolute Gasteiger partial charge is 0.435 e. The number of rotatable bonds is 4. The number of aliphatic hydroxyl groups is 1. The molecule has 4 heterocycles. The Morgan fingerprint density at radius 3 is 2.76 bits per heavy atom. The van der Waals surface area contributed by atoms with E-state index in [2.05, 4.69) is 19.9 Å². The second-order valence-corrected chi connectivity index (χ2v) is 8.66. The number of aromatic amines is 1. The van der Waals surface area contributed by atoms with E-state index in [1.165, 1.54) is 31.1 Å². The van der Waals surface area contributed by atoms with Gasteiger partial charge in [-0.1, -0.05) is 0 Å². The minimum Gasteiger partial charge on any atom is -0.435 e. The van der Waals surface area contributed by atoms with Crippen molar-refractivity contribution in [2.75, 3.05) is 6.54 Å². The summed E-state index contributed by atoms with van der Waals surface area (Å²) in [5.74, 6) is -2.67. The number of aromatic nitrogens is 4. The Kier molecular flexibility index (Phi) is 5.01. The molecule has 1 amide bonds. The average molecular weight is 475 g/mol. The Labute approximate surface area is 190 Å². The molecule has 1 atom stereocenters. The van der Waals surface area contributed by atoms with Crippen LogP contribution in [-0.4, -0.2) is 42.4 Å². The number of oxazole rings is 2. The van der Waals surface area contributed by atoms with E-state index in [0.29, 0.717) is 23.4 Å². The molecule has 1 aromatic carbocycles. The maximum Gasteiger partial charge on any atom is 0.292 e. The molecule has 1 aliphatic rings. The number of nitrogens with one attached hydrogen (secondary N) is 1. The molecule has 0 saturated heterocycles. The fourth-order valence-corrected chi connectivity index (χ4v) is 4.03.